The zero-order valence-electron chi connectivity index (χ0n) is 8.73. The second kappa shape index (κ2) is 5.60. The van der Waals surface area contributed by atoms with Gasteiger partial charge in [-0.3, -0.25) is 4.98 Å². The van der Waals surface area contributed by atoms with Crippen LogP contribution in [0, 0.1) is 0 Å². The number of nitrogens with zero attached hydrogens (tertiary/aromatic N) is 1. The lowest BCUT2D eigenvalue weighted by atomic mass is 10.0. The quantitative estimate of drug-likeness (QED) is 0.784. The second-order valence-corrected chi connectivity index (χ2v) is 3.28. The van der Waals surface area contributed by atoms with E-state index in [2.05, 4.69) is 11.9 Å². The largest absolute Gasteiger partial charge is 0.495 e. The molecule has 0 aromatic carbocycles. The number of ether oxygens (including phenoxy) is 1. The third kappa shape index (κ3) is 2.70. The highest BCUT2D eigenvalue weighted by Gasteiger charge is 2.11. The molecule has 0 bridgehead atoms. The number of aliphatic hydroxyl groups is 1. The Morgan fingerprint density at radius 3 is 3.00 bits per heavy atom. The first kappa shape index (κ1) is 11.0. The molecule has 1 atom stereocenters. The van der Waals surface area contributed by atoms with Crippen LogP contribution < -0.4 is 4.74 Å². The van der Waals surface area contributed by atoms with Crippen LogP contribution in [0.2, 0.25) is 0 Å². The van der Waals surface area contributed by atoms with Gasteiger partial charge in [-0.1, -0.05) is 19.8 Å². The maximum absolute atomic E-state index is 9.86. The molecule has 1 rings (SSSR count). The van der Waals surface area contributed by atoms with Crippen LogP contribution in [-0.2, 0) is 0 Å². The zero-order chi connectivity index (χ0) is 10.4. The van der Waals surface area contributed by atoms with Gasteiger partial charge in [0.2, 0.25) is 0 Å². The van der Waals surface area contributed by atoms with Crippen LogP contribution in [0.15, 0.2) is 18.5 Å². The first-order valence-electron chi connectivity index (χ1n) is 4.95. The molecule has 0 saturated carbocycles. The molecule has 0 aliphatic heterocycles. The fraction of sp³-hybridized carbons (Fsp3) is 0.545. The fourth-order valence-electron chi connectivity index (χ4n) is 1.39. The highest BCUT2D eigenvalue weighted by molar-refractivity contribution is 5.31. The fourth-order valence-corrected chi connectivity index (χ4v) is 1.39. The number of methoxy groups -OCH3 is 1. The number of pyridine rings is 1. The summed E-state index contributed by atoms with van der Waals surface area (Å²) in [6.07, 6.45) is 5.75. The van der Waals surface area contributed by atoms with Gasteiger partial charge in [-0.05, 0) is 12.5 Å². The van der Waals surface area contributed by atoms with Crippen molar-refractivity contribution in [2.24, 2.45) is 0 Å². The van der Waals surface area contributed by atoms with E-state index in [0.29, 0.717) is 5.75 Å². The lowest BCUT2D eigenvalue weighted by molar-refractivity contribution is 0.160. The van der Waals surface area contributed by atoms with Crippen molar-refractivity contribution in [3.05, 3.63) is 24.0 Å². The van der Waals surface area contributed by atoms with Crippen LogP contribution in [0.3, 0.4) is 0 Å². The highest BCUT2D eigenvalue weighted by atomic mass is 16.5. The van der Waals surface area contributed by atoms with E-state index in [1.165, 1.54) is 0 Å². The number of aromatic nitrogens is 1. The van der Waals surface area contributed by atoms with E-state index < -0.39 is 6.10 Å². The Labute approximate surface area is 84.7 Å². The lowest BCUT2D eigenvalue weighted by Gasteiger charge is -2.13. The smallest absolute Gasteiger partial charge is 0.142 e. The third-order valence-corrected chi connectivity index (χ3v) is 2.23. The molecule has 1 heterocycles. The van der Waals surface area contributed by atoms with Crippen molar-refractivity contribution in [2.45, 2.75) is 32.3 Å². The Bertz CT molecular complexity index is 276. The van der Waals surface area contributed by atoms with E-state index in [1.807, 2.05) is 0 Å². The third-order valence-electron chi connectivity index (χ3n) is 2.23. The number of hydrogen-bond acceptors (Lipinski definition) is 3. The van der Waals surface area contributed by atoms with Gasteiger partial charge in [-0.2, -0.15) is 0 Å². The molecule has 0 aliphatic carbocycles. The summed E-state index contributed by atoms with van der Waals surface area (Å²) < 4.78 is 5.12. The summed E-state index contributed by atoms with van der Waals surface area (Å²) in [7, 11) is 1.59. The average Bonchev–Trinajstić information content (AvgIpc) is 2.25. The van der Waals surface area contributed by atoms with Crippen LogP contribution in [0.4, 0.5) is 0 Å². The summed E-state index contributed by atoms with van der Waals surface area (Å²) in [5.74, 6) is 0.663. The van der Waals surface area contributed by atoms with Gasteiger partial charge >= 0.3 is 0 Å². The zero-order valence-corrected chi connectivity index (χ0v) is 8.73. The summed E-state index contributed by atoms with van der Waals surface area (Å²) in [6.45, 7) is 2.11. The molecule has 1 N–H and O–H groups in total. The Balaban J connectivity index is 2.72. The number of rotatable bonds is 5. The summed E-state index contributed by atoms with van der Waals surface area (Å²) in [4.78, 5) is 3.94. The Morgan fingerprint density at radius 2 is 2.36 bits per heavy atom. The number of hydrogen-bond donors (Lipinski definition) is 1. The van der Waals surface area contributed by atoms with Crippen LogP contribution in [-0.4, -0.2) is 17.2 Å². The van der Waals surface area contributed by atoms with E-state index in [4.69, 9.17) is 4.74 Å². The minimum Gasteiger partial charge on any atom is -0.495 e. The maximum atomic E-state index is 9.86. The predicted octanol–water partition coefficient (Wildman–Crippen LogP) is 2.31. The Morgan fingerprint density at radius 1 is 1.57 bits per heavy atom. The summed E-state index contributed by atoms with van der Waals surface area (Å²) >= 11 is 0. The standard InChI is InChI=1S/C11H17NO2/c1-3-4-5-10(13)9-6-7-12-8-11(9)14-2/h6-8,10,13H,3-5H2,1-2H3. The highest BCUT2D eigenvalue weighted by Crippen LogP contribution is 2.26. The van der Waals surface area contributed by atoms with E-state index in [0.717, 1.165) is 24.8 Å². The molecule has 1 unspecified atom stereocenters. The van der Waals surface area contributed by atoms with Gasteiger partial charge in [0, 0.05) is 11.8 Å². The minimum atomic E-state index is -0.437. The number of aliphatic hydroxyl groups excluding tert-OH is 1. The van der Waals surface area contributed by atoms with Crippen molar-refractivity contribution in [1.29, 1.82) is 0 Å². The van der Waals surface area contributed by atoms with E-state index in [9.17, 15) is 5.11 Å². The molecule has 1 aromatic heterocycles. The molecule has 3 heteroatoms. The summed E-state index contributed by atoms with van der Waals surface area (Å²) in [6, 6.07) is 1.80. The predicted molar refractivity (Wildman–Crippen MR) is 55.3 cm³/mol. The Kier molecular flexibility index (Phi) is 4.40. The van der Waals surface area contributed by atoms with Crippen molar-refractivity contribution in [3.63, 3.8) is 0 Å². The SMILES string of the molecule is CCCCC(O)c1ccncc1OC. The van der Waals surface area contributed by atoms with E-state index in [1.54, 1.807) is 25.6 Å². The van der Waals surface area contributed by atoms with Gasteiger partial charge in [0.05, 0.1) is 19.4 Å². The van der Waals surface area contributed by atoms with Gasteiger partial charge < -0.3 is 9.84 Å². The molecule has 0 aliphatic rings. The van der Waals surface area contributed by atoms with Crippen LogP contribution in [0.5, 0.6) is 5.75 Å². The van der Waals surface area contributed by atoms with Crippen molar-refractivity contribution < 1.29 is 9.84 Å². The first-order valence-corrected chi connectivity index (χ1v) is 4.95. The van der Waals surface area contributed by atoms with Crippen molar-refractivity contribution in [2.75, 3.05) is 7.11 Å². The maximum Gasteiger partial charge on any atom is 0.142 e. The minimum absolute atomic E-state index is 0.437. The molecular formula is C11H17NO2. The molecule has 14 heavy (non-hydrogen) atoms. The van der Waals surface area contributed by atoms with Gasteiger partial charge in [-0.25, -0.2) is 0 Å². The van der Waals surface area contributed by atoms with Gasteiger partial charge in [0.25, 0.3) is 0 Å². The van der Waals surface area contributed by atoms with Crippen molar-refractivity contribution >= 4 is 0 Å². The van der Waals surface area contributed by atoms with Crippen molar-refractivity contribution in [1.82, 2.24) is 4.98 Å². The van der Waals surface area contributed by atoms with Gasteiger partial charge in [0.15, 0.2) is 0 Å². The van der Waals surface area contributed by atoms with E-state index in [-0.39, 0.29) is 0 Å². The molecule has 0 spiro atoms. The molecule has 0 radical (unpaired) electrons. The number of unbranched alkanes of at least 4 members (excludes halogenated alkanes) is 1. The first-order chi connectivity index (χ1) is 6.79. The Hall–Kier alpha value is -1.09. The molecule has 3 nitrogen and oxygen atoms in total. The van der Waals surface area contributed by atoms with Crippen LogP contribution >= 0.6 is 0 Å². The molecule has 1 aromatic rings. The molecule has 0 fully saturated rings. The van der Waals surface area contributed by atoms with Gasteiger partial charge in [-0.15, -0.1) is 0 Å². The summed E-state index contributed by atoms with van der Waals surface area (Å²) in [5.41, 5.74) is 0.830. The lowest BCUT2D eigenvalue weighted by Crippen LogP contribution is -2.00. The molecule has 0 saturated heterocycles. The molecular weight excluding hydrogens is 178 g/mol. The second-order valence-electron chi connectivity index (χ2n) is 3.28. The molecule has 0 amide bonds. The molecule has 78 valence electrons. The van der Waals surface area contributed by atoms with E-state index >= 15 is 0 Å². The summed E-state index contributed by atoms with van der Waals surface area (Å²) in [5, 5.41) is 9.86. The topological polar surface area (TPSA) is 42.4 Å². The normalized spacial score (nSPS) is 12.5. The van der Waals surface area contributed by atoms with Crippen LogP contribution in [0.1, 0.15) is 37.9 Å². The average molecular weight is 195 g/mol. The van der Waals surface area contributed by atoms with Crippen molar-refractivity contribution in [3.8, 4) is 5.75 Å². The van der Waals surface area contributed by atoms with Gasteiger partial charge in [0.1, 0.15) is 5.75 Å². The monoisotopic (exact) mass is 195 g/mol. The van der Waals surface area contributed by atoms with Crippen LogP contribution in [0.25, 0.3) is 0 Å².